The molecule has 2 aromatic carbocycles. The van der Waals surface area contributed by atoms with E-state index in [0.29, 0.717) is 10.6 Å². The van der Waals surface area contributed by atoms with Gasteiger partial charge in [0.05, 0.1) is 25.9 Å². The van der Waals surface area contributed by atoms with Crippen molar-refractivity contribution in [1.29, 1.82) is 0 Å². The van der Waals surface area contributed by atoms with Gasteiger partial charge in [0, 0.05) is 24.5 Å². The summed E-state index contributed by atoms with van der Waals surface area (Å²) in [6.45, 7) is 3.33. The van der Waals surface area contributed by atoms with Gasteiger partial charge in [0.2, 0.25) is 0 Å². The second kappa shape index (κ2) is 9.99. The zero-order valence-corrected chi connectivity index (χ0v) is 16.4. The third kappa shape index (κ3) is 6.27. The van der Waals surface area contributed by atoms with Crippen molar-refractivity contribution in [3.8, 4) is 0 Å². The number of carbonyl (C=O) groups is 2. The maximum Gasteiger partial charge on any atom is 0.279 e. The summed E-state index contributed by atoms with van der Waals surface area (Å²) in [5, 5.41) is 5.36. The molecule has 3 N–H and O–H groups in total. The van der Waals surface area contributed by atoms with Crippen LogP contribution < -0.4 is 20.4 Å². The van der Waals surface area contributed by atoms with E-state index in [-0.39, 0.29) is 30.6 Å². The van der Waals surface area contributed by atoms with Crippen LogP contribution in [0.2, 0.25) is 0 Å². The molecule has 1 aliphatic rings. The third-order valence-electron chi connectivity index (χ3n) is 4.60. The topological polar surface area (TPSA) is 75.1 Å². The summed E-state index contributed by atoms with van der Waals surface area (Å²) in [5.74, 6) is -1.03. The van der Waals surface area contributed by atoms with Crippen molar-refractivity contribution in [2.75, 3.05) is 62.0 Å². The van der Waals surface area contributed by atoms with E-state index in [2.05, 4.69) is 15.5 Å². The number of rotatable bonds is 7. The molecule has 0 bridgehead atoms. The minimum atomic E-state index is -0.489. The molecule has 2 aromatic rings. The predicted molar refractivity (Wildman–Crippen MR) is 110 cm³/mol. The van der Waals surface area contributed by atoms with Gasteiger partial charge in [-0.3, -0.25) is 9.59 Å². The Labute approximate surface area is 169 Å². The zero-order valence-electron chi connectivity index (χ0n) is 16.4. The van der Waals surface area contributed by atoms with Gasteiger partial charge in [0.1, 0.15) is 5.82 Å². The molecule has 1 fully saturated rings. The number of morpholine rings is 1. The number of amides is 2. The van der Waals surface area contributed by atoms with Crippen LogP contribution in [0.3, 0.4) is 0 Å². The second-order valence-corrected chi connectivity index (χ2v) is 7.03. The number of anilines is 3. The number of hydrogen-bond donors (Lipinski definition) is 3. The smallest absolute Gasteiger partial charge is 0.279 e. The number of carbonyl (C=O) groups excluding carboxylic acids is 2. The molecule has 1 atom stereocenters. The Morgan fingerprint density at radius 3 is 2.28 bits per heavy atom. The van der Waals surface area contributed by atoms with Gasteiger partial charge >= 0.3 is 0 Å². The largest absolute Gasteiger partial charge is 0.378 e. The van der Waals surface area contributed by atoms with Crippen molar-refractivity contribution in [2.24, 2.45) is 0 Å². The first-order valence-corrected chi connectivity index (χ1v) is 9.59. The number of quaternary nitrogens is 1. The molecular weight excluding hydrogens is 375 g/mol. The van der Waals surface area contributed by atoms with Crippen molar-refractivity contribution < 1.29 is 23.6 Å². The van der Waals surface area contributed by atoms with Crippen LogP contribution >= 0.6 is 0 Å². The molecule has 0 aliphatic carbocycles. The highest BCUT2D eigenvalue weighted by Crippen LogP contribution is 2.18. The number of benzene rings is 2. The van der Waals surface area contributed by atoms with E-state index in [9.17, 15) is 14.0 Å². The van der Waals surface area contributed by atoms with E-state index < -0.39 is 5.82 Å². The Balaban J connectivity index is 1.44. The Bertz CT molecular complexity index is 838. The fourth-order valence-corrected chi connectivity index (χ4v) is 3.15. The van der Waals surface area contributed by atoms with Crippen LogP contribution in [0.4, 0.5) is 21.5 Å². The summed E-state index contributed by atoms with van der Waals surface area (Å²) >= 11 is 0. The first kappa shape index (κ1) is 20.8. The first-order valence-electron chi connectivity index (χ1n) is 9.59. The van der Waals surface area contributed by atoms with Crippen molar-refractivity contribution >= 4 is 28.9 Å². The molecule has 7 nitrogen and oxygen atoms in total. The van der Waals surface area contributed by atoms with Crippen LogP contribution in [0.5, 0.6) is 0 Å². The lowest BCUT2D eigenvalue weighted by molar-refractivity contribution is -0.862. The fraction of sp³-hybridized carbons (Fsp3) is 0.333. The van der Waals surface area contributed by atoms with Crippen molar-refractivity contribution in [1.82, 2.24) is 0 Å². The third-order valence-corrected chi connectivity index (χ3v) is 4.60. The molecule has 29 heavy (non-hydrogen) atoms. The minimum absolute atomic E-state index is 0.0533. The normalized spacial score (nSPS) is 14.9. The van der Waals surface area contributed by atoms with Crippen LogP contribution in [0.25, 0.3) is 0 Å². The monoisotopic (exact) mass is 401 g/mol. The molecule has 8 heteroatoms. The standard InChI is InChI=1S/C21H25FN4O3/c1-25(15-21(28)24-19-5-3-2-4-18(19)22)14-20(27)23-16-6-8-17(9-7-16)26-10-12-29-13-11-26/h2-9H,10-15H2,1H3,(H,23,27)(H,24,28)/p+1. The lowest BCUT2D eigenvalue weighted by atomic mass is 10.2. The molecule has 0 radical (unpaired) electrons. The zero-order chi connectivity index (χ0) is 20.6. The van der Waals surface area contributed by atoms with Gasteiger partial charge in [-0.1, -0.05) is 12.1 Å². The number of halogens is 1. The maximum absolute atomic E-state index is 13.6. The van der Waals surface area contributed by atoms with Gasteiger partial charge < -0.3 is 25.2 Å². The summed E-state index contributed by atoms with van der Waals surface area (Å²) in [7, 11) is 1.74. The molecular formula is C21H26FN4O3+. The highest BCUT2D eigenvalue weighted by Gasteiger charge is 2.16. The number of nitrogens with zero attached hydrogens (tertiary/aromatic N) is 1. The molecule has 0 aromatic heterocycles. The molecule has 0 saturated carbocycles. The van der Waals surface area contributed by atoms with Crippen LogP contribution in [0, 0.1) is 5.82 Å². The van der Waals surface area contributed by atoms with E-state index in [1.54, 1.807) is 19.2 Å². The highest BCUT2D eigenvalue weighted by molar-refractivity contribution is 5.93. The van der Waals surface area contributed by atoms with Crippen molar-refractivity contribution in [2.45, 2.75) is 0 Å². The van der Waals surface area contributed by atoms with E-state index in [0.717, 1.165) is 32.0 Å². The SMILES string of the molecule is C[NH+](CC(=O)Nc1ccc(N2CCOCC2)cc1)CC(=O)Nc1ccccc1F. The molecule has 0 spiro atoms. The van der Waals surface area contributed by atoms with Crippen molar-refractivity contribution in [3.63, 3.8) is 0 Å². The van der Waals surface area contributed by atoms with E-state index in [1.807, 2.05) is 24.3 Å². The Morgan fingerprint density at radius 2 is 1.62 bits per heavy atom. The molecule has 1 saturated heterocycles. The summed E-state index contributed by atoms with van der Waals surface area (Å²) in [6.07, 6.45) is 0. The molecule has 154 valence electrons. The predicted octanol–water partition coefficient (Wildman–Crippen LogP) is 0.754. The Kier molecular flexibility index (Phi) is 7.15. The molecule has 2 amide bonds. The van der Waals surface area contributed by atoms with Gasteiger partial charge in [0.15, 0.2) is 13.1 Å². The van der Waals surface area contributed by atoms with Gasteiger partial charge in [0.25, 0.3) is 11.8 Å². The van der Waals surface area contributed by atoms with Crippen LogP contribution in [-0.2, 0) is 14.3 Å². The van der Waals surface area contributed by atoms with E-state index in [4.69, 9.17) is 4.74 Å². The van der Waals surface area contributed by atoms with E-state index >= 15 is 0 Å². The fourth-order valence-electron chi connectivity index (χ4n) is 3.15. The second-order valence-electron chi connectivity index (χ2n) is 7.03. The summed E-state index contributed by atoms with van der Waals surface area (Å²) < 4.78 is 18.9. The number of likely N-dealkylation sites (N-methyl/N-ethyl adjacent to an activating group) is 1. The number of ether oxygens (including phenoxy) is 1. The Hall–Kier alpha value is -2.97. The first-order chi connectivity index (χ1) is 14.0. The average Bonchev–Trinajstić information content (AvgIpc) is 2.70. The molecule has 3 rings (SSSR count). The van der Waals surface area contributed by atoms with Gasteiger partial charge in [-0.25, -0.2) is 4.39 Å². The Morgan fingerprint density at radius 1 is 1.00 bits per heavy atom. The number of hydrogen-bond acceptors (Lipinski definition) is 4. The quantitative estimate of drug-likeness (QED) is 0.640. The minimum Gasteiger partial charge on any atom is -0.378 e. The summed E-state index contributed by atoms with van der Waals surface area (Å²) in [5.41, 5.74) is 1.93. The van der Waals surface area contributed by atoms with Crippen LogP contribution in [0.1, 0.15) is 0 Å². The summed E-state index contributed by atoms with van der Waals surface area (Å²) in [4.78, 5) is 27.2. The van der Waals surface area contributed by atoms with Crippen molar-refractivity contribution in [3.05, 3.63) is 54.3 Å². The molecule has 1 heterocycles. The lowest BCUT2D eigenvalue weighted by Crippen LogP contribution is -3.11. The summed E-state index contributed by atoms with van der Waals surface area (Å²) in [6, 6.07) is 13.7. The van der Waals surface area contributed by atoms with Gasteiger partial charge in [-0.05, 0) is 36.4 Å². The van der Waals surface area contributed by atoms with Gasteiger partial charge in [-0.2, -0.15) is 0 Å². The molecule has 1 unspecified atom stereocenters. The van der Waals surface area contributed by atoms with Crippen LogP contribution in [0.15, 0.2) is 48.5 Å². The highest BCUT2D eigenvalue weighted by atomic mass is 19.1. The number of nitrogens with one attached hydrogen (secondary N) is 3. The van der Waals surface area contributed by atoms with Crippen LogP contribution in [-0.4, -0.2) is 58.3 Å². The lowest BCUT2D eigenvalue weighted by Gasteiger charge is -2.28. The number of para-hydroxylation sites is 1. The van der Waals surface area contributed by atoms with Gasteiger partial charge in [-0.15, -0.1) is 0 Å². The maximum atomic E-state index is 13.6. The average molecular weight is 401 g/mol. The van der Waals surface area contributed by atoms with E-state index in [1.165, 1.54) is 12.1 Å². The molecule has 1 aliphatic heterocycles.